The van der Waals surface area contributed by atoms with E-state index in [2.05, 4.69) is 20.2 Å². The molecule has 4 rings (SSSR count). The summed E-state index contributed by atoms with van der Waals surface area (Å²) in [6.07, 6.45) is 5.88. The fourth-order valence-electron chi connectivity index (χ4n) is 4.30. The number of carbonyl (C=O) groups is 2. The van der Waals surface area contributed by atoms with Gasteiger partial charge in [0.25, 0.3) is 0 Å². The first-order chi connectivity index (χ1) is 17.9. The van der Waals surface area contributed by atoms with E-state index in [1.165, 1.54) is 20.3 Å². The van der Waals surface area contributed by atoms with Crippen molar-refractivity contribution in [3.8, 4) is 11.5 Å². The molecule has 0 bridgehead atoms. The Morgan fingerprint density at radius 1 is 1.19 bits per heavy atom. The molecular formula is C27H28N6O4. The predicted molar refractivity (Wildman–Crippen MR) is 139 cm³/mol. The van der Waals surface area contributed by atoms with Crippen LogP contribution in [0.3, 0.4) is 0 Å². The van der Waals surface area contributed by atoms with Crippen molar-refractivity contribution in [2.75, 3.05) is 25.7 Å². The number of methoxy groups -OCH3 is 2. The van der Waals surface area contributed by atoms with Crippen molar-refractivity contribution in [1.29, 1.82) is 0 Å². The Hall–Kier alpha value is -4.60. The molecule has 0 saturated heterocycles. The number of aldehydes is 1. The van der Waals surface area contributed by atoms with Gasteiger partial charge < -0.3 is 25.7 Å². The van der Waals surface area contributed by atoms with Gasteiger partial charge in [0, 0.05) is 23.7 Å². The van der Waals surface area contributed by atoms with Gasteiger partial charge in [-0.1, -0.05) is 24.3 Å². The highest BCUT2D eigenvalue weighted by atomic mass is 16.5. The number of anilines is 2. The summed E-state index contributed by atoms with van der Waals surface area (Å²) in [6, 6.07) is 11.1. The molecule has 0 radical (unpaired) electrons. The summed E-state index contributed by atoms with van der Waals surface area (Å²) in [4.78, 5) is 32.9. The Labute approximate surface area is 214 Å². The number of fused-ring (bicyclic) bond motifs is 1. The summed E-state index contributed by atoms with van der Waals surface area (Å²) in [6.45, 7) is 0.498. The summed E-state index contributed by atoms with van der Waals surface area (Å²) in [7, 11) is 3.04. The molecule has 0 aliphatic carbocycles. The number of azo groups is 1. The minimum Gasteiger partial charge on any atom is -0.493 e. The molecule has 10 heteroatoms. The molecule has 0 fully saturated rings. The number of nitrogens with zero attached hydrogens (tertiary/aromatic N) is 4. The van der Waals surface area contributed by atoms with Gasteiger partial charge in [-0.2, -0.15) is 15.2 Å². The molecule has 4 N–H and O–H groups in total. The van der Waals surface area contributed by atoms with Crippen LogP contribution in [0.1, 0.15) is 40.3 Å². The number of ketones is 1. The Balaban J connectivity index is 1.57. The standard InChI is InChI=1S/C27H28N6O4/c1-36-24-11-16(10-19-13-30-27(29)32-26(19)28)9-17(25(24)37-2)7-8-23(35)20(15-34)12-22-21-6-4-3-5-18(21)14-31-33-22/h3-9,11,13,15,20,22H,10,12,14H2,1-2H3,(H4,28,29,30,32). The predicted octanol–water partition coefficient (Wildman–Crippen LogP) is 3.74. The smallest absolute Gasteiger partial charge is 0.221 e. The van der Waals surface area contributed by atoms with E-state index >= 15 is 0 Å². The van der Waals surface area contributed by atoms with Gasteiger partial charge in [0.1, 0.15) is 12.1 Å². The SMILES string of the molecule is COc1cc(Cc2cnc(N)nc2N)cc(C=CC(=O)C(C=O)CC2N=NCc3ccccc32)c1OC. The molecule has 0 amide bonds. The molecule has 37 heavy (non-hydrogen) atoms. The van der Waals surface area contributed by atoms with Crippen LogP contribution in [-0.2, 0) is 22.6 Å². The van der Waals surface area contributed by atoms with Gasteiger partial charge in [-0.3, -0.25) is 4.79 Å². The number of nitrogen functional groups attached to an aromatic ring is 2. The van der Waals surface area contributed by atoms with Gasteiger partial charge in [-0.25, -0.2) is 4.98 Å². The number of allylic oxidation sites excluding steroid dienone is 1. The normalized spacial score (nSPS) is 15.2. The number of aromatic nitrogens is 2. The Bertz CT molecular complexity index is 1370. The molecule has 2 unspecified atom stereocenters. The molecule has 0 spiro atoms. The van der Waals surface area contributed by atoms with Crippen LogP contribution in [0.25, 0.3) is 6.08 Å². The quantitative estimate of drug-likeness (QED) is 0.242. The molecule has 10 nitrogen and oxygen atoms in total. The lowest BCUT2D eigenvalue weighted by atomic mass is 9.90. The summed E-state index contributed by atoms with van der Waals surface area (Å²) < 4.78 is 11.0. The first-order valence-electron chi connectivity index (χ1n) is 11.7. The van der Waals surface area contributed by atoms with Crippen molar-refractivity contribution in [3.63, 3.8) is 0 Å². The van der Waals surface area contributed by atoms with Crippen LogP contribution in [0.4, 0.5) is 11.8 Å². The van der Waals surface area contributed by atoms with Crippen molar-refractivity contribution < 1.29 is 19.1 Å². The maximum absolute atomic E-state index is 13.0. The second-order valence-electron chi connectivity index (χ2n) is 8.58. The van der Waals surface area contributed by atoms with Gasteiger partial charge in [0.15, 0.2) is 17.3 Å². The third kappa shape index (κ3) is 5.80. The van der Waals surface area contributed by atoms with E-state index in [9.17, 15) is 9.59 Å². The number of ether oxygens (including phenoxy) is 2. The molecule has 1 aliphatic rings. The zero-order valence-corrected chi connectivity index (χ0v) is 20.6. The van der Waals surface area contributed by atoms with Gasteiger partial charge in [-0.15, -0.1) is 0 Å². The Morgan fingerprint density at radius 3 is 2.73 bits per heavy atom. The van der Waals surface area contributed by atoms with Gasteiger partial charge in [0.05, 0.1) is 32.7 Å². The minimum atomic E-state index is -0.867. The van der Waals surface area contributed by atoms with E-state index in [1.807, 2.05) is 36.4 Å². The van der Waals surface area contributed by atoms with Crippen molar-refractivity contribution in [2.45, 2.75) is 25.4 Å². The van der Waals surface area contributed by atoms with Gasteiger partial charge in [0.2, 0.25) is 5.95 Å². The highest BCUT2D eigenvalue weighted by Crippen LogP contribution is 2.35. The van der Waals surface area contributed by atoms with Gasteiger partial charge >= 0.3 is 0 Å². The third-order valence-electron chi connectivity index (χ3n) is 6.19. The van der Waals surface area contributed by atoms with Crippen LogP contribution in [0, 0.1) is 5.92 Å². The maximum Gasteiger partial charge on any atom is 0.221 e. The average Bonchev–Trinajstić information content (AvgIpc) is 2.91. The second-order valence-corrected chi connectivity index (χ2v) is 8.58. The lowest BCUT2D eigenvalue weighted by Crippen LogP contribution is -2.18. The number of rotatable bonds is 10. The van der Waals surface area contributed by atoms with Crippen molar-refractivity contribution in [1.82, 2.24) is 9.97 Å². The fraction of sp³-hybridized carbons (Fsp3) is 0.259. The van der Waals surface area contributed by atoms with E-state index in [-0.39, 0.29) is 30.0 Å². The first-order valence-corrected chi connectivity index (χ1v) is 11.7. The van der Waals surface area contributed by atoms with Crippen molar-refractivity contribution >= 4 is 29.9 Å². The molecule has 2 aromatic carbocycles. The highest BCUT2D eigenvalue weighted by molar-refractivity contribution is 6.03. The number of hydrogen-bond donors (Lipinski definition) is 2. The van der Waals surface area contributed by atoms with Crippen LogP contribution in [0.15, 0.2) is 58.9 Å². The summed E-state index contributed by atoms with van der Waals surface area (Å²) in [5.74, 6) is 0.108. The number of benzene rings is 2. The number of carbonyl (C=O) groups excluding carboxylic acids is 2. The average molecular weight is 501 g/mol. The Kier molecular flexibility index (Phi) is 7.87. The molecule has 1 aromatic heterocycles. The van der Waals surface area contributed by atoms with E-state index in [0.29, 0.717) is 41.9 Å². The van der Waals surface area contributed by atoms with Crippen LogP contribution >= 0.6 is 0 Å². The van der Waals surface area contributed by atoms with E-state index in [4.69, 9.17) is 20.9 Å². The van der Waals surface area contributed by atoms with Crippen LogP contribution in [-0.4, -0.2) is 36.3 Å². The minimum absolute atomic E-state index is 0.0959. The zero-order valence-electron chi connectivity index (χ0n) is 20.6. The fourth-order valence-corrected chi connectivity index (χ4v) is 4.30. The van der Waals surface area contributed by atoms with Crippen LogP contribution in [0.5, 0.6) is 11.5 Å². The molecule has 190 valence electrons. The molecule has 2 atom stereocenters. The van der Waals surface area contributed by atoms with Crippen molar-refractivity contribution in [3.05, 3.63) is 76.5 Å². The second kappa shape index (κ2) is 11.4. The number of nitrogens with two attached hydrogens (primary N) is 2. The molecule has 1 aliphatic heterocycles. The monoisotopic (exact) mass is 500 g/mol. The zero-order chi connectivity index (χ0) is 26.4. The Morgan fingerprint density at radius 2 is 2.00 bits per heavy atom. The van der Waals surface area contributed by atoms with E-state index in [0.717, 1.165) is 16.7 Å². The molecule has 3 aromatic rings. The summed E-state index contributed by atoms with van der Waals surface area (Å²) in [5, 5.41) is 8.46. The van der Waals surface area contributed by atoms with E-state index < -0.39 is 5.92 Å². The first kappa shape index (κ1) is 25.5. The third-order valence-corrected chi connectivity index (χ3v) is 6.19. The summed E-state index contributed by atoms with van der Waals surface area (Å²) >= 11 is 0. The largest absolute Gasteiger partial charge is 0.493 e. The van der Waals surface area contributed by atoms with Gasteiger partial charge in [-0.05, 0) is 47.4 Å². The molecule has 0 saturated carbocycles. The lowest BCUT2D eigenvalue weighted by molar-refractivity contribution is -0.124. The van der Waals surface area contributed by atoms with Crippen LogP contribution in [0.2, 0.25) is 0 Å². The molecular weight excluding hydrogens is 472 g/mol. The maximum atomic E-state index is 13.0. The van der Waals surface area contributed by atoms with E-state index in [1.54, 1.807) is 12.3 Å². The lowest BCUT2D eigenvalue weighted by Gasteiger charge is -2.20. The molecule has 2 heterocycles. The van der Waals surface area contributed by atoms with Crippen molar-refractivity contribution in [2.24, 2.45) is 16.1 Å². The highest BCUT2D eigenvalue weighted by Gasteiger charge is 2.25. The number of hydrogen-bond acceptors (Lipinski definition) is 10. The summed E-state index contributed by atoms with van der Waals surface area (Å²) in [5.41, 5.74) is 15.8. The topological polar surface area (TPSA) is 155 Å². The van der Waals surface area contributed by atoms with Crippen LogP contribution < -0.4 is 20.9 Å².